The molecule has 93 heavy (non-hydrogen) atoms. The maximum Gasteiger partial charge on any atom is 0.220 e. The van der Waals surface area contributed by atoms with Crippen LogP contribution < -0.4 is 5.32 Å². The summed E-state index contributed by atoms with van der Waals surface area (Å²) in [6, 6.07) is -0.975. The summed E-state index contributed by atoms with van der Waals surface area (Å²) in [4.78, 5) is 13.4. The second-order valence-corrected chi connectivity index (χ2v) is 25.7. The van der Waals surface area contributed by atoms with E-state index in [1.807, 2.05) is 6.08 Å². The summed E-state index contributed by atoms with van der Waals surface area (Å²) in [7, 11) is 0. The van der Waals surface area contributed by atoms with Crippen molar-refractivity contribution >= 4 is 5.91 Å². The Morgan fingerprint density at radius 3 is 1.16 bits per heavy atom. The molecule has 0 bridgehead atoms. The smallest absolute Gasteiger partial charge is 0.220 e. The topological polar surface area (TPSA) is 307 Å². The van der Waals surface area contributed by atoms with Crippen molar-refractivity contribution in [2.24, 2.45) is 0 Å². The van der Waals surface area contributed by atoms with E-state index < -0.39 is 124 Å². The number of amides is 1. The molecule has 19 nitrogen and oxygen atoms in total. The van der Waals surface area contributed by atoms with Crippen molar-refractivity contribution in [2.45, 2.75) is 349 Å². The van der Waals surface area contributed by atoms with Gasteiger partial charge in [-0.05, 0) is 70.6 Å². The Hall–Kier alpha value is -3.03. The molecule has 0 spiro atoms. The minimum Gasteiger partial charge on any atom is -0.394 e. The highest BCUT2D eigenvalue weighted by atomic mass is 16.8. The average molecular weight is 1320 g/mol. The van der Waals surface area contributed by atoms with Gasteiger partial charge in [-0.3, -0.25) is 4.79 Å². The summed E-state index contributed by atoms with van der Waals surface area (Å²) in [6.07, 6.45) is 44.3. The van der Waals surface area contributed by atoms with E-state index in [1.165, 1.54) is 135 Å². The van der Waals surface area contributed by atoms with E-state index in [0.29, 0.717) is 6.42 Å². The third-order valence-corrected chi connectivity index (χ3v) is 17.7. The molecule has 538 valence electrons. The van der Waals surface area contributed by atoms with Gasteiger partial charge in [0.25, 0.3) is 0 Å². The molecule has 3 rings (SSSR count). The zero-order chi connectivity index (χ0) is 67.5. The number of unbranched alkanes of at least 4 members (excludes halogenated alkanes) is 27. The van der Waals surface area contributed by atoms with Gasteiger partial charge in [-0.2, -0.15) is 0 Å². The molecule has 17 unspecified atom stereocenters. The zero-order valence-corrected chi connectivity index (χ0v) is 57.0. The Morgan fingerprint density at radius 1 is 0.398 bits per heavy atom. The summed E-state index contributed by atoms with van der Waals surface area (Å²) in [6.45, 7) is 1.61. The van der Waals surface area contributed by atoms with Crippen molar-refractivity contribution in [2.75, 3.05) is 26.4 Å². The van der Waals surface area contributed by atoms with E-state index in [1.54, 1.807) is 6.08 Å². The van der Waals surface area contributed by atoms with Gasteiger partial charge >= 0.3 is 0 Å². The second-order valence-electron chi connectivity index (χ2n) is 25.7. The molecule has 0 aliphatic carbocycles. The molecule has 17 atom stereocenters. The molecule has 0 radical (unpaired) electrons. The lowest BCUT2D eigenvalue weighted by molar-refractivity contribution is -0.379. The number of aliphatic hydroxyl groups excluding tert-OH is 11. The number of nitrogens with one attached hydrogen (secondary N) is 1. The van der Waals surface area contributed by atoms with Gasteiger partial charge in [0.15, 0.2) is 18.9 Å². The average Bonchev–Trinajstić information content (AvgIpc) is 0.842. The van der Waals surface area contributed by atoms with Crippen LogP contribution >= 0.6 is 0 Å². The molecule has 12 N–H and O–H groups in total. The Kier molecular flexibility index (Phi) is 49.7. The highest BCUT2D eigenvalue weighted by molar-refractivity contribution is 5.76. The predicted molar refractivity (Wildman–Crippen MR) is 364 cm³/mol. The first-order valence-electron chi connectivity index (χ1n) is 36.3. The fraction of sp³-hybridized carbons (Fsp3) is 0.797. The van der Waals surface area contributed by atoms with Crippen molar-refractivity contribution in [3.8, 4) is 0 Å². The normalized spacial score (nSPS) is 28.0. The molecule has 3 saturated heterocycles. The number of carbonyl (C=O) groups excluding carboxylic acids is 1. The van der Waals surface area contributed by atoms with E-state index in [9.17, 15) is 61.0 Å². The molecule has 3 aliphatic heterocycles. The van der Waals surface area contributed by atoms with Crippen molar-refractivity contribution in [3.05, 3.63) is 85.1 Å². The SMILES string of the molecule is CC/C=C\C/C=C\C/C=C\C/C=C\C/C=C\C/C=C\CCCCCCCCCCCCCCCCCCC(=O)NC(COC1OC(CO)C(OC2OC(CO)C(OC3OC(CO)C(O)C(O)C3O)C(O)C2O)C(O)C1O)C(O)/C=C/CCCCCCCCCCCCC. The van der Waals surface area contributed by atoms with Crippen LogP contribution in [0.15, 0.2) is 85.1 Å². The van der Waals surface area contributed by atoms with Gasteiger partial charge in [-0.25, -0.2) is 0 Å². The lowest BCUT2D eigenvalue weighted by atomic mass is 9.96. The lowest BCUT2D eigenvalue weighted by Gasteiger charge is -2.48. The van der Waals surface area contributed by atoms with Crippen LogP contribution in [0, 0.1) is 0 Å². The molecule has 0 aromatic carbocycles. The van der Waals surface area contributed by atoms with Gasteiger partial charge in [0, 0.05) is 6.42 Å². The minimum atomic E-state index is -1.98. The number of carbonyl (C=O) groups is 1. The molecule has 0 aromatic rings. The van der Waals surface area contributed by atoms with Crippen molar-refractivity contribution in [3.63, 3.8) is 0 Å². The highest BCUT2D eigenvalue weighted by Gasteiger charge is 2.53. The monoisotopic (exact) mass is 1320 g/mol. The Morgan fingerprint density at radius 2 is 0.742 bits per heavy atom. The fourth-order valence-electron chi connectivity index (χ4n) is 11.8. The van der Waals surface area contributed by atoms with Crippen LogP contribution in [0.2, 0.25) is 0 Å². The molecule has 3 heterocycles. The number of ether oxygens (including phenoxy) is 6. The molecule has 3 fully saturated rings. The third kappa shape index (κ3) is 36.4. The standard InChI is InChI=1S/C74H129NO18/c1-3-5-7-9-11-13-15-17-18-19-20-21-22-23-24-25-26-27-28-29-30-31-32-33-34-35-36-37-38-40-42-44-46-48-50-52-62(80)75-57(58(79)51-49-47-45-43-41-39-16-14-12-10-8-6-4-2)56-88-72-68(86)65(83)70(60(54-77)90-72)93-74-69(87)66(84)71(61(55-78)91-74)92-73-67(85)64(82)63(81)59(53-76)89-73/h5,7,11,13,17-18,20-21,23-24,26-27,49,51,57-61,63-74,76-79,81-87H,3-4,6,8-10,12,14-16,19,22,25,28-48,50,52-56H2,1-2H3,(H,75,80)/b7-5-,13-11-,18-17-,21-20-,24-23-,27-26-,51-49+. The summed E-state index contributed by atoms with van der Waals surface area (Å²) in [5.74, 6) is -0.277. The van der Waals surface area contributed by atoms with Gasteiger partial charge in [-0.1, -0.05) is 253 Å². The van der Waals surface area contributed by atoms with Crippen molar-refractivity contribution in [1.82, 2.24) is 5.32 Å². The largest absolute Gasteiger partial charge is 0.394 e. The first-order valence-corrected chi connectivity index (χ1v) is 36.3. The lowest BCUT2D eigenvalue weighted by Crippen LogP contribution is -2.66. The van der Waals surface area contributed by atoms with Gasteiger partial charge in [0.1, 0.15) is 73.2 Å². The molecule has 0 saturated carbocycles. The van der Waals surface area contributed by atoms with Crippen LogP contribution in [0.1, 0.15) is 245 Å². The van der Waals surface area contributed by atoms with E-state index in [-0.39, 0.29) is 18.9 Å². The second kappa shape index (κ2) is 54.9. The van der Waals surface area contributed by atoms with Crippen molar-refractivity contribution in [1.29, 1.82) is 0 Å². The van der Waals surface area contributed by atoms with Crippen molar-refractivity contribution < 1.29 is 89.4 Å². The first kappa shape index (κ1) is 84.2. The highest BCUT2D eigenvalue weighted by Crippen LogP contribution is 2.33. The summed E-state index contributed by atoms with van der Waals surface area (Å²) >= 11 is 0. The molecule has 3 aliphatic rings. The maximum absolute atomic E-state index is 13.4. The van der Waals surface area contributed by atoms with Crippen LogP contribution in [-0.4, -0.2) is 193 Å². The molecular formula is C74H129NO18. The van der Waals surface area contributed by atoms with Gasteiger partial charge in [0.05, 0.1) is 38.6 Å². The summed E-state index contributed by atoms with van der Waals surface area (Å²) in [5, 5.41) is 120. The number of hydrogen-bond donors (Lipinski definition) is 12. The fourth-order valence-corrected chi connectivity index (χ4v) is 11.8. The number of rotatable bonds is 55. The minimum absolute atomic E-state index is 0.240. The van der Waals surface area contributed by atoms with Crippen LogP contribution in [-0.2, 0) is 33.2 Å². The van der Waals surface area contributed by atoms with Gasteiger partial charge < -0.3 is 89.9 Å². The Labute approximate surface area is 559 Å². The summed E-state index contributed by atoms with van der Waals surface area (Å²) in [5.41, 5.74) is 0. The Balaban J connectivity index is 1.34. The van der Waals surface area contributed by atoms with Crippen LogP contribution in [0.5, 0.6) is 0 Å². The predicted octanol–water partition coefficient (Wildman–Crippen LogP) is 10.3. The van der Waals surface area contributed by atoms with Gasteiger partial charge in [-0.15, -0.1) is 0 Å². The molecule has 19 heteroatoms. The quantitative estimate of drug-likeness (QED) is 0.0199. The summed E-state index contributed by atoms with van der Waals surface area (Å²) < 4.78 is 34.3. The van der Waals surface area contributed by atoms with Crippen LogP contribution in [0.4, 0.5) is 0 Å². The van der Waals surface area contributed by atoms with E-state index >= 15 is 0 Å². The Bertz CT molecular complexity index is 2010. The van der Waals surface area contributed by atoms with Gasteiger partial charge in [0.2, 0.25) is 5.91 Å². The van der Waals surface area contributed by atoms with E-state index in [2.05, 4.69) is 92.1 Å². The zero-order valence-electron chi connectivity index (χ0n) is 57.0. The third-order valence-electron chi connectivity index (χ3n) is 17.7. The molecule has 0 aromatic heterocycles. The van der Waals surface area contributed by atoms with E-state index in [0.717, 1.165) is 83.5 Å². The molecule has 1 amide bonds. The van der Waals surface area contributed by atoms with Crippen LogP contribution in [0.3, 0.4) is 0 Å². The maximum atomic E-state index is 13.4. The number of allylic oxidation sites excluding steroid dienone is 13. The first-order chi connectivity index (χ1) is 45.3. The number of aliphatic hydroxyl groups is 11. The van der Waals surface area contributed by atoms with E-state index in [4.69, 9.17) is 28.4 Å². The van der Waals surface area contributed by atoms with Crippen LogP contribution in [0.25, 0.3) is 0 Å². The number of hydrogen-bond acceptors (Lipinski definition) is 18. The molecular weight excluding hydrogens is 1190 g/mol.